The second kappa shape index (κ2) is 5.37. The number of carboxylic acids is 1. The first-order chi connectivity index (χ1) is 9.30. The molecule has 1 aliphatic heterocycles. The van der Waals surface area contributed by atoms with Gasteiger partial charge in [0.25, 0.3) is 5.91 Å². The lowest BCUT2D eigenvalue weighted by Gasteiger charge is -2.20. The van der Waals surface area contributed by atoms with Gasteiger partial charge in [0.2, 0.25) is 0 Å². The molecular weight excluding hydrogens is 346 g/mol. The van der Waals surface area contributed by atoms with E-state index in [0.29, 0.717) is 23.6 Å². The average Bonchev–Trinajstić information content (AvgIpc) is 2.92. The van der Waals surface area contributed by atoms with Crippen molar-refractivity contribution < 1.29 is 19.4 Å². The van der Waals surface area contributed by atoms with Gasteiger partial charge in [-0.2, -0.15) is 0 Å². The van der Waals surface area contributed by atoms with Crippen molar-refractivity contribution in [3.8, 4) is 5.75 Å². The molecule has 0 bridgehead atoms. The molecular formula is C13H16BrNO4S. The first-order valence-electron chi connectivity index (χ1n) is 6.15. The second-order valence-corrected chi connectivity index (χ2v) is 7.19. The van der Waals surface area contributed by atoms with Crippen molar-refractivity contribution in [3.05, 3.63) is 14.2 Å². The fourth-order valence-electron chi connectivity index (χ4n) is 2.28. The third-order valence-electron chi connectivity index (χ3n) is 3.65. The number of aryl methyl sites for hydroxylation is 1. The number of aliphatic carboxylic acids is 1. The molecule has 0 unspecified atom stereocenters. The summed E-state index contributed by atoms with van der Waals surface area (Å²) < 4.78 is 6.06. The Bertz CT molecular complexity index is 571. The Hall–Kier alpha value is -1.08. The number of nitrogens with zero attached hydrogens (tertiary/aromatic N) is 1. The van der Waals surface area contributed by atoms with Crippen LogP contribution in [0.15, 0.2) is 4.47 Å². The van der Waals surface area contributed by atoms with Gasteiger partial charge >= 0.3 is 5.97 Å². The number of amides is 1. The molecule has 0 aromatic carbocycles. The van der Waals surface area contributed by atoms with Crippen molar-refractivity contribution in [3.63, 3.8) is 0 Å². The van der Waals surface area contributed by atoms with Crippen LogP contribution in [-0.4, -0.2) is 42.1 Å². The van der Waals surface area contributed by atoms with Gasteiger partial charge in [-0.05, 0) is 36.2 Å². The lowest BCUT2D eigenvalue weighted by atomic mass is 9.90. The van der Waals surface area contributed by atoms with Gasteiger partial charge in [0, 0.05) is 18.0 Å². The predicted molar refractivity (Wildman–Crippen MR) is 79.6 cm³/mol. The van der Waals surface area contributed by atoms with Crippen molar-refractivity contribution in [2.75, 3.05) is 20.2 Å². The minimum Gasteiger partial charge on any atom is -0.494 e. The highest BCUT2D eigenvalue weighted by Gasteiger charge is 2.43. The summed E-state index contributed by atoms with van der Waals surface area (Å²) in [4.78, 5) is 26.9. The Labute approximate surface area is 129 Å². The van der Waals surface area contributed by atoms with Crippen LogP contribution in [0.2, 0.25) is 0 Å². The molecule has 1 aromatic heterocycles. The number of thiophene rings is 1. The highest BCUT2D eigenvalue weighted by atomic mass is 79.9. The van der Waals surface area contributed by atoms with E-state index in [2.05, 4.69) is 15.9 Å². The van der Waals surface area contributed by atoms with E-state index in [1.54, 1.807) is 11.8 Å². The van der Waals surface area contributed by atoms with Crippen molar-refractivity contribution in [2.24, 2.45) is 5.41 Å². The highest BCUT2D eigenvalue weighted by molar-refractivity contribution is 9.10. The van der Waals surface area contributed by atoms with Gasteiger partial charge in [-0.3, -0.25) is 9.59 Å². The number of halogens is 1. The monoisotopic (exact) mass is 361 g/mol. The molecule has 1 fully saturated rings. The van der Waals surface area contributed by atoms with Crippen LogP contribution >= 0.6 is 27.3 Å². The van der Waals surface area contributed by atoms with Gasteiger partial charge in [-0.1, -0.05) is 0 Å². The van der Waals surface area contributed by atoms with Crippen molar-refractivity contribution >= 4 is 39.1 Å². The molecule has 2 rings (SSSR count). The first kappa shape index (κ1) is 15.3. The lowest BCUT2D eigenvalue weighted by molar-refractivity contribution is -0.147. The highest BCUT2D eigenvalue weighted by Crippen LogP contribution is 2.41. The average molecular weight is 362 g/mol. The zero-order chi connectivity index (χ0) is 15.1. The zero-order valence-corrected chi connectivity index (χ0v) is 13.9. The number of rotatable bonds is 3. The van der Waals surface area contributed by atoms with E-state index in [4.69, 9.17) is 4.74 Å². The molecule has 1 amide bonds. The van der Waals surface area contributed by atoms with Gasteiger partial charge in [0.05, 0.1) is 17.0 Å². The Balaban J connectivity index is 2.26. The minimum atomic E-state index is -0.858. The molecule has 1 saturated heterocycles. The summed E-state index contributed by atoms with van der Waals surface area (Å²) in [7, 11) is 1.52. The zero-order valence-electron chi connectivity index (χ0n) is 11.5. The summed E-state index contributed by atoms with van der Waals surface area (Å²) in [6.45, 7) is 4.27. The van der Waals surface area contributed by atoms with E-state index in [-0.39, 0.29) is 12.5 Å². The Morgan fingerprint density at radius 3 is 2.65 bits per heavy atom. The molecule has 20 heavy (non-hydrogen) atoms. The number of carbonyl (C=O) groups is 2. The van der Waals surface area contributed by atoms with Crippen molar-refractivity contribution in [1.29, 1.82) is 0 Å². The summed E-state index contributed by atoms with van der Waals surface area (Å²) >= 11 is 4.76. The maximum absolute atomic E-state index is 12.5. The normalized spacial score (nSPS) is 22.1. The fourth-order valence-corrected chi connectivity index (χ4v) is 4.00. The van der Waals surface area contributed by atoms with Crippen LogP contribution in [0, 0.1) is 12.3 Å². The first-order valence-corrected chi connectivity index (χ1v) is 7.76. The SMILES string of the molecule is COc1c(C(=O)N2CC[C@@](C)(C(=O)O)C2)sc(C)c1Br. The van der Waals surface area contributed by atoms with E-state index in [1.807, 2.05) is 6.92 Å². The molecule has 1 aliphatic rings. The third-order valence-corrected chi connectivity index (χ3v) is 5.94. The van der Waals surface area contributed by atoms with Crippen LogP contribution in [0.5, 0.6) is 5.75 Å². The van der Waals surface area contributed by atoms with E-state index in [9.17, 15) is 14.7 Å². The molecule has 5 nitrogen and oxygen atoms in total. The smallest absolute Gasteiger partial charge is 0.311 e. The van der Waals surface area contributed by atoms with Crippen molar-refractivity contribution in [1.82, 2.24) is 4.90 Å². The largest absolute Gasteiger partial charge is 0.494 e. The molecule has 0 aliphatic carbocycles. The molecule has 0 spiro atoms. The van der Waals surface area contributed by atoms with Gasteiger partial charge in [0.1, 0.15) is 4.88 Å². The molecule has 110 valence electrons. The summed E-state index contributed by atoms with van der Waals surface area (Å²) in [5.74, 6) is -0.490. The van der Waals surface area contributed by atoms with E-state index in [0.717, 1.165) is 9.35 Å². The van der Waals surface area contributed by atoms with Gasteiger partial charge < -0.3 is 14.7 Å². The van der Waals surface area contributed by atoms with Crippen LogP contribution in [0.1, 0.15) is 27.9 Å². The quantitative estimate of drug-likeness (QED) is 0.898. The van der Waals surface area contributed by atoms with Crippen LogP contribution < -0.4 is 4.74 Å². The minimum absolute atomic E-state index is 0.161. The maximum Gasteiger partial charge on any atom is 0.311 e. The number of hydrogen-bond acceptors (Lipinski definition) is 4. The fraction of sp³-hybridized carbons (Fsp3) is 0.538. The van der Waals surface area contributed by atoms with Crippen LogP contribution in [0.4, 0.5) is 0 Å². The molecule has 1 aromatic rings. The predicted octanol–water partition coefficient (Wildman–Crippen LogP) is 2.76. The summed E-state index contributed by atoms with van der Waals surface area (Å²) in [5, 5.41) is 9.22. The van der Waals surface area contributed by atoms with Crippen LogP contribution in [-0.2, 0) is 4.79 Å². The molecule has 2 heterocycles. The van der Waals surface area contributed by atoms with Crippen LogP contribution in [0.3, 0.4) is 0 Å². The van der Waals surface area contributed by atoms with E-state index >= 15 is 0 Å². The third kappa shape index (κ3) is 2.44. The molecule has 7 heteroatoms. The van der Waals surface area contributed by atoms with Gasteiger partial charge in [0.15, 0.2) is 5.75 Å². The van der Waals surface area contributed by atoms with Gasteiger partial charge in [-0.15, -0.1) is 11.3 Å². The van der Waals surface area contributed by atoms with Crippen molar-refractivity contribution in [2.45, 2.75) is 20.3 Å². The topological polar surface area (TPSA) is 66.8 Å². The lowest BCUT2D eigenvalue weighted by Crippen LogP contribution is -2.34. The number of methoxy groups -OCH3 is 1. The summed E-state index contributed by atoms with van der Waals surface area (Å²) in [6.07, 6.45) is 0.474. The molecule has 0 radical (unpaired) electrons. The number of ether oxygens (including phenoxy) is 1. The molecule has 0 saturated carbocycles. The summed E-state index contributed by atoms with van der Waals surface area (Å²) in [6, 6.07) is 0. The molecule has 1 atom stereocenters. The Morgan fingerprint density at radius 1 is 1.50 bits per heavy atom. The number of carbonyl (C=O) groups excluding carboxylic acids is 1. The van der Waals surface area contributed by atoms with Crippen LogP contribution in [0.25, 0.3) is 0 Å². The number of hydrogen-bond donors (Lipinski definition) is 1. The Kier molecular flexibility index (Phi) is 4.11. The standard InChI is InChI=1S/C13H16BrNO4S/c1-7-8(14)9(19-3)10(20-7)11(16)15-5-4-13(2,6-15)12(17)18/h4-6H2,1-3H3,(H,17,18)/t13-/m1/s1. The van der Waals surface area contributed by atoms with E-state index in [1.165, 1.54) is 18.4 Å². The molecule has 1 N–H and O–H groups in total. The summed E-state index contributed by atoms with van der Waals surface area (Å²) in [5.41, 5.74) is -0.855. The van der Waals surface area contributed by atoms with E-state index < -0.39 is 11.4 Å². The van der Waals surface area contributed by atoms with Gasteiger partial charge in [-0.25, -0.2) is 0 Å². The maximum atomic E-state index is 12.5. The Morgan fingerprint density at radius 2 is 2.15 bits per heavy atom. The second-order valence-electron chi connectivity index (χ2n) is 5.18. The number of carboxylic acid groups (broad SMARTS) is 1. The number of likely N-dealkylation sites (tertiary alicyclic amines) is 1.